The van der Waals surface area contributed by atoms with Crippen molar-refractivity contribution in [3.63, 3.8) is 0 Å². The molecule has 0 amide bonds. The molecule has 168 valence electrons. The highest BCUT2D eigenvalue weighted by atomic mass is 16.3. The molecule has 3 nitrogen and oxygen atoms in total. The van der Waals surface area contributed by atoms with Crippen LogP contribution >= 0.6 is 0 Å². The molecule has 0 fully saturated rings. The van der Waals surface area contributed by atoms with Crippen molar-refractivity contribution in [3.8, 4) is 5.75 Å². The lowest BCUT2D eigenvalue weighted by Crippen LogP contribution is -2.21. The number of nitrogens with one attached hydrogen (secondary N) is 1. The van der Waals surface area contributed by atoms with Crippen molar-refractivity contribution >= 4 is 10.9 Å². The van der Waals surface area contributed by atoms with Gasteiger partial charge in [0.05, 0.1) is 6.04 Å². The highest BCUT2D eigenvalue weighted by Gasteiger charge is 2.21. The van der Waals surface area contributed by atoms with Crippen LogP contribution in [-0.2, 0) is 0 Å². The molecule has 0 bridgehead atoms. The SMILES string of the molecule is CC.CC/C(C)=C/C=C\C=C(/C)NC(c1ccccc1C)c1ccc2cccnc2c1O. The van der Waals surface area contributed by atoms with Crippen LogP contribution in [0.25, 0.3) is 10.9 Å². The molecule has 0 saturated heterocycles. The van der Waals surface area contributed by atoms with Gasteiger partial charge in [0.15, 0.2) is 0 Å². The van der Waals surface area contributed by atoms with E-state index in [-0.39, 0.29) is 11.8 Å². The Morgan fingerprint density at radius 2 is 1.69 bits per heavy atom. The minimum Gasteiger partial charge on any atom is -0.505 e. The smallest absolute Gasteiger partial charge is 0.147 e. The molecule has 0 aliphatic rings. The van der Waals surface area contributed by atoms with E-state index in [0.717, 1.165) is 28.6 Å². The van der Waals surface area contributed by atoms with Crippen molar-refractivity contribution in [2.24, 2.45) is 0 Å². The molecule has 1 heterocycles. The van der Waals surface area contributed by atoms with E-state index in [0.29, 0.717) is 5.52 Å². The van der Waals surface area contributed by atoms with Crippen molar-refractivity contribution in [3.05, 3.63) is 107 Å². The molecule has 1 aromatic heterocycles. The molecule has 0 saturated carbocycles. The lowest BCUT2D eigenvalue weighted by atomic mass is 9.93. The number of nitrogens with zero attached hydrogens (tertiary/aromatic N) is 1. The second-order valence-corrected chi connectivity index (χ2v) is 7.61. The lowest BCUT2D eigenvalue weighted by molar-refractivity contribution is 0.466. The zero-order chi connectivity index (χ0) is 23.5. The van der Waals surface area contributed by atoms with Gasteiger partial charge in [-0.15, -0.1) is 0 Å². The highest BCUT2D eigenvalue weighted by molar-refractivity contribution is 5.85. The molecule has 2 aromatic carbocycles. The molecular weight excluding hydrogens is 392 g/mol. The molecule has 1 unspecified atom stereocenters. The molecule has 1 atom stereocenters. The molecule has 32 heavy (non-hydrogen) atoms. The van der Waals surface area contributed by atoms with E-state index >= 15 is 0 Å². The van der Waals surface area contributed by atoms with Gasteiger partial charge in [0.25, 0.3) is 0 Å². The summed E-state index contributed by atoms with van der Waals surface area (Å²) in [4.78, 5) is 4.39. The van der Waals surface area contributed by atoms with E-state index in [4.69, 9.17) is 0 Å². The van der Waals surface area contributed by atoms with Gasteiger partial charge in [-0.25, -0.2) is 0 Å². The summed E-state index contributed by atoms with van der Waals surface area (Å²) in [6.07, 6.45) is 11.0. The summed E-state index contributed by atoms with van der Waals surface area (Å²) >= 11 is 0. The molecule has 0 aliphatic heterocycles. The largest absolute Gasteiger partial charge is 0.505 e. The first-order valence-corrected chi connectivity index (χ1v) is 11.4. The van der Waals surface area contributed by atoms with Gasteiger partial charge in [0, 0.05) is 22.8 Å². The Hall–Kier alpha value is -3.33. The van der Waals surface area contributed by atoms with Crippen LogP contribution in [0.3, 0.4) is 0 Å². The highest BCUT2D eigenvalue weighted by Crippen LogP contribution is 2.35. The van der Waals surface area contributed by atoms with Crippen molar-refractivity contribution in [2.45, 2.75) is 54.0 Å². The second kappa shape index (κ2) is 12.5. The quantitative estimate of drug-likeness (QED) is 0.378. The van der Waals surface area contributed by atoms with E-state index < -0.39 is 0 Å². The normalized spacial score (nSPS) is 13.1. The van der Waals surface area contributed by atoms with E-state index in [9.17, 15) is 5.11 Å². The minimum atomic E-state index is -0.185. The van der Waals surface area contributed by atoms with Crippen LogP contribution in [0.4, 0.5) is 0 Å². The molecular formula is C29H36N2O. The number of fused-ring (bicyclic) bond motifs is 1. The van der Waals surface area contributed by atoms with Crippen molar-refractivity contribution in [1.29, 1.82) is 0 Å². The summed E-state index contributed by atoms with van der Waals surface area (Å²) < 4.78 is 0. The van der Waals surface area contributed by atoms with Gasteiger partial charge < -0.3 is 10.4 Å². The summed E-state index contributed by atoms with van der Waals surface area (Å²) in [6.45, 7) is 12.4. The number of benzene rings is 2. The van der Waals surface area contributed by atoms with Gasteiger partial charge >= 0.3 is 0 Å². The van der Waals surface area contributed by atoms with Crippen LogP contribution in [-0.4, -0.2) is 10.1 Å². The number of phenols is 1. The Balaban J connectivity index is 0.00000176. The topological polar surface area (TPSA) is 45.2 Å². The Kier molecular flexibility index (Phi) is 9.75. The van der Waals surface area contributed by atoms with E-state index in [2.05, 4.69) is 61.4 Å². The number of phenolic OH excluding ortho intramolecular Hbond substituents is 1. The van der Waals surface area contributed by atoms with Crippen LogP contribution in [0.2, 0.25) is 0 Å². The fourth-order valence-corrected chi connectivity index (χ4v) is 3.43. The third kappa shape index (κ3) is 6.34. The Bertz CT molecular complexity index is 1110. The summed E-state index contributed by atoms with van der Waals surface area (Å²) in [7, 11) is 0. The van der Waals surface area contributed by atoms with Gasteiger partial charge in [-0.2, -0.15) is 0 Å². The summed E-state index contributed by atoms with van der Waals surface area (Å²) in [5, 5.41) is 15.6. The van der Waals surface area contributed by atoms with Gasteiger partial charge in [-0.05, 0) is 50.5 Å². The fraction of sp³-hybridized carbons (Fsp3) is 0.276. The number of rotatable bonds is 7. The second-order valence-electron chi connectivity index (χ2n) is 7.61. The number of aromatic nitrogens is 1. The maximum Gasteiger partial charge on any atom is 0.147 e. The number of hydrogen-bond acceptors (Lipinski definition) is 3. The standard InChI is InChI=1S/C27H30N2O.C2H6/c1-5-19(2)11-6-8-13-21(4)29-26(23-15-9-7-12-20(23)3)24-17-16-22-14-10-18-28-25(22)27(24)30;1-2/h6-18,26,29-30H,5H2,1-4H3;1-2H3/b8-6-,19-11+,21-13+;. The molecule has 3 aromatic rings. The van der Waals surface area contributed by atoms with Crippen molar-refractivity contribution in [1.82, 2.24) is 10.3 Å². The molecule has 3 heteroatoms. The number of allylic oxidation sites excluding steroid dienone is 6. The zero-order valence-corrected chi connectivity index (χ0v) is 20.2. The number of aryl methyl sites for hydroxylation is 1. The summed E-state index contributed by atoms with van der Waals surface area (Å²) in [5.74, 6) is 0.221. The van der Waals surface area contributed by atoms with Gasteiger partial charge in [-0.3, -0.25) is 4.98 Å². The fourth-order valence-electron chi connectivity index (χ4n) is 3.43. The van der Waals surface area contributed by atoms with Crippen LogP contribution < -0.4 is 5.32 Å². The molecule has 0 radical (unpaired) electrons. The number of hydrogen-bond donors (Lipinski definition) is 2. The van der Waals surface area contributed by atoms with Gasteiger partial charge in [0.2, 0.25) is 0 Å². The van der Waals surface area contributed by atoms with Gasteiger partial charge in [0.1, 0.15) is 11.3 Å². The number of aromatic hydroxyl groups is 1. The molecule has 0 aliphatic carbocycles. The average Bonchev–Trinajstić information content (AvgIpc) is 2.82. The van der Waals surface area contributed by atoms with Crippen molar-refractivity contribution < 1.29 is 5.11 Å². The first-order chi connectivity index (χ1) is 15.5. The first-order valence-electron chi connectivity index (χ1n) is 11.4. The zero-order valence-electron chi connectivity index (χ0n) is 20.2. The summed E-state index contributed by atoms with van der Waals surface area (Å²) in [5.41, 5.74) is 6.09. The molecule has 3 rings (SSSR count). The van der Waals surface area contributed by atoms with Crippen LogP contribution in [0.5, 0.6) is 5.75 Å². The Labute approximate surface area is 193 Å². The monoisotopic (exact) mass is 428 g/mol. The van der Waals surface area contributed by atoms with Crippen molar-refractivity contribution in [2.75, 3.05) is 0 Å². The number of pyridine rings is 1. The maximum atomic E-state index is 11.0. The molecule has 2 N–H and O–H groups in total. The Morgan fingerprint density at radius 1 is 0.969 bits per heavy atom. The van der Waals surface area contributed by atoms with E-state index in [1.54, 1.807) is 6.20 Å². The van der Waals surface area contributed by atoms with E-state index in [1.165, 1.54) is 11.1 Å². The Morgan fingerprint density at radius 3 is 2.41 bits per heavy atom. The van der Waals surface area contributed by atoms with Crippen LogP contribution in [0.1, 0.15) is 63.8 Å². The predicted molar refractivity (Wildman–Crippen MR) is 138 cm³/mol. The average molecular weight is 429 g/mol. The predicted octanol–water partition coefficient (Wildman–Crippen LogP) is 7.77. The third-order valence-corrected chi connectivity index (χ3v) is 5.36. The molecule has 0 spiro atoms. The lowest BCUT2D eigenvalue weighted by Gasteiger charge is -2.24. The first kappa shape index (κ1) is 24.9. The van der Waals surface area contributed by atoms with Gasteiger partial charge in [-0.1, -0.05) is 87.0 Å². The van der Waals surface area contributed by atoms with Crippen LogP contribution in [0.15, 0.2) is 90.3 Å². The maximum absolute atomic E-state index is 11.0. The third-order valence-electron chi connectivity index (χ3n) is 5.36. The summed E-state index contributed by atoms with van der Waals surface area (Å²) in [6, 6.07) is 15.9. The minimum absolute atomic E-state index is 0.185. The van der Waals surface area contributed by atoms with E-state index in [1.807, 2.05) is 63.2 Å². The van der Waals surface area contributed by atoms with Crippen LogP contribution in [0, 0.1) is 6.92 Å².